The summed E-state index contributed by atoms with van der Waals surface area (Å²) in [4.78, 5) is 0. The first-order valence-electron chi connectivity index (χ1n) is 6.42. The molecule has 0 saturated carbocycles. The number of unbranched alkanes of at least 4 members (excludes halogenated alkanes) is 3. The average molecular weight is 214 g/mol. The largest absolute Gasteiger partial charge is 0.381 e. The average Bonchev–Trinajstić information content (AvgIpc) is 2.30. The van der Waals surface area contributed by atoms with Crippen LogP contribution in [0, 0.1) is 5.92 Å². The molecule has 0 aromatic carbocycles. The molecule has 15 heavy (non-hydrogen) atoms. The minimum atomic E-state index is 0.460. The van der Waals surface area contributed by atoms with Gasteiger partial charge in [0.2, 0.25) is 0 Å². The highest BCUT2D eigenvalue weighted by Crippen LogP contribution is 2.20. The Labute approximate surface area is 93.7 Å². The lowest BCUT2D eigenvalue weighted by atomic mass is 9.90. The Morgan fingerprint density at radius 2 is 2.27 bits per heavy atom. The first kappa shape index (κ1) is 12.9. The van der Waals surface area contributed by atoms with E-state index < -0.39 is 0 Å². The number of nitrogens with two attached hydrogens (primary N) is 1. The molecule has 0 spiro atoms. The summed E-state index contributed by atoms with van der Waals surface area (Å²) < 4.78 is 5.50. The van der Waals surface area contributed by atoms with Crippen LogP contribution in [-0.2, 0) is 4.74 Å². The number of hydrogen-bond acceptors (Lipinski definition) is 3. The second-order valence-electron chi connectivity index (χ2n) is 4.60. The Kier molecular flexibility index (Phi) is 6.98. The van der Waals surface area contributed by atoms with Crippen LogP contribution in [0.5, 0.6) is 0 Å². The van der Waals surface area contributed by atoms with Crippen molar-refractivity contribution in [3.05, 3.63) is 0 Å². The van der Waals surface area contributed by atoms with E-state index in [0.717, 1.165) is 13.2 Å². The van der Waals surface area contributed by atoms with Crippen LogP contribution in [0.1, 0.15) is 51.9 Å². The van der Waals surface area contributed by atoms with Gasteiger partial charge in [-0.15, -0.1) is 0 Å². The first-order valence-corrected chi connectivity index (χ1v) is 6.42. The van der Waals surface area contributed by atoms with Crippen LogP contribution in [0.25, 0.3) is 0 Å². The molecular formula is C12H26N2O. The van der Waals surface area contributed by atoms with Gasteiger partial charge in [-0.2, -0.15) is 0 Å². The van der Waals surface area contributed by atoms with Crippen LogP contribution in [0.2, 0.25) is 0 Å². The van der Waals surface area contributed by atoms with E-state index >= 15 is 0 Å². The zero-order valence-corrected chi connectivity index (χ0v) is 10.0. The fourth-order valence-corrected chi connectivity index (χ4v) is 2.33. The highest BCUT2D eigenvalue weighted by Gasteiger charge is 2.22. The molecule has 3 nitrogen and oxygen atoms in total. The van der Waals surface area contributed by atoms with Gasteiger partial charge in [-0.3, -0.25) is 11.3 Å². The molecule has 1 heterocycles. The van der Waals surface area contributed by atoms with Gasteiger partial charge in [0.15, 0.2) is 0 Å². The second kappa shape index (κ2) is 8.08. The maximum absolute atomic E-state index is 5.61. The van der Waals surface area contributed by atoms with Gasteiger partial charge in [-0.25, -0.2) is 0 Å². The van der Waals surface area contributed by atoms with Crippen LogP contribution in [-0.4, -0.2) is 19.3 Å². The fraction of sp³-hybridized carbons (Fsp3) is 1.00. The van der Waals surface area contributed by atoms with Crippen LogP contribution in [0.4, 0.5) is 0 Å². The number of nitrogens with one attached hydrogen (secondary N) is 1. The van der Waals surface area contributed by atoms with Crippen LogP contribution < -0.4 is 11.3 Å². The van der Waals surface area contributed by atoms with Crippen molar-refractivity contribution in [3.63, 3.8) is 0 Å². The van der Waals surface area contributed by atoms with Gasteiger partial charge in [-0.1, -0.05) is 32.6 Å². The quantitative estimate of drug-likeness (QED) is 0.388. The molecule has 90 valence electrons. The van der Waals surface area contributed by atoms with Crippen molar-refractivity contribution >= 4 is 0 Å². The molecule has 0 aromatic heterocycles. The molecule has 3 N–H and O–H groups in total. The highest BCUT2D eigenvalue weighted by molar-refractivity contribution is 4.76. The van der Waals surface area contributed by atoms with E-state index in [4.69, 9.17) is 10.6 Å². The maximum Gasteiger partial charge on any atom is 0.0509 e. The number of ether oxygens (including phenoxy) is 1. The van der Waals surface area contributed by atoms with Crippen molar-refractivity contribution in [3.8, 4) is 0 Å². The summed E-state index contributed by atoms with van der Waals surface area (Å²) in [7, 11) is 0. The first-order chi connectivity index (χ1) is 7.38. The molecular weight excluding hydrogens is 188 g/mol. The summed E-state index contributed by atoms with van der Waals surface area (Å²) in [6.07, 6.45) is 8.93. The zero-order chi connectivity index (χ0) is 10.9. The van der Waals surface area contributed by atoms with E-state index in [0.29, 0.717) is 12.0 Å². The normalized spacial score (nSPS) is 24.0. The standard InChI is InChI=1S/C12H26N2O/c1-2-3-4-5-8-12(14-13)11-7-6-9-15-10-11/h11-12,14H,2-10,13H2,1H3. The maximum atomic E-state index is 5.61. The number of hydrogen-bond donors (Lipinski definition) is 2. The lowest BCUT2D eigenvalue weighted by Gasteiger charge is -2.29. The molecule has 1 aliphatic rings. The summed E-state index contributed by atoms with van der Waals surface area (Å²) in [6.45, 7) is 4.07. The molecule has 1 rings (SSSR count). The molecule has 2 atom stereocenters. The predicted octanol–water partition coefficient (Wildman–Crippen LogP) is 2.22. The molecule has 0 aromatic rings. The Hall–Kier alpha value is -0.120. The molecule has 0 radical (unpaired) electrons. The molecule has 0 aliphatic carbocycles. The number of rotatable bonds is 7. The molecule has 1 saturated heterocycles. The van der Waals surface area contributed by atoms with Crippen LogP contribution in [0.15, 0.2) is 0 Å². The summed E-state index contributed by atoms with van der Waals surface area (Å²) in [5.74, 6) is 6.24. The molecule has 2 unspecified atom stereocenters. The van der Waals surface area contributed by atoms with Gasteiger partial charge >= 0.3 is 0 Å². The SMILES string of the molecule is CCCCCCC(NN)C1CCCOC1. The van der Waals surface area contributed by atoms with Crippen molar-refractivity contribution in [2.24, 2.45) is 11.8 Å². The summed E-state index contributed by atoms with van der Waals surface area (Å²) in [5.41, 5.74) is 2.97. The van der Waals surface area contributed by atoms with Crippen molar-refractivity contribution < 1.29 is 4.74 Å². The number of hydrazine groups is 1. The van der Waals surface area contributed by atoms with E-state index in [2.05, 4.69) is 12.3 Å². The molecule has 3 heteroatoms. The van der Waals surface area contributed by atoms with Gasteiger partial charge < -0.3 is 4.74 Å². The van der Waals surface area contributed by atoms with Gasteiger partial charge in [-0.05, 0) is 25.2 Å². The van der Waals surface area contributed by atoms with Crippen molar-refractivity contribution in [2.75, 3.05) is 13.2 Å². The van der Waals surface area contributed by atoms with Gasteiger partial charge in [0, 0.05) is 12.6 Å². The monoisotopic (exact) mass is 214 g/mol. The summed E-state index contributed by atoms with van der Waals surface area (Å²) in [5, 5.41) is 0. The van der Waals surface area contributed by atoms with E-state index in [9.17, 15) is 0 Å². The van der Waals surface area contributed by atoms with Crippen molar-refractivity contribution in [1.82, 2.24) is 5.43 Å². The summed E-state index contributed by atoms with van der Waals surface area (Å²) >= 11 is 0. The minimum absolute atomic E-state index is 0.460. The second-order valence-corrected chi connectivity index (χ2v) is 4.60. The van der Waals surface area contributed by atoms with E-state index in [1.807, 2.05) is 0 Å². The molecule has 0 amide bonds. The zero-order valence-electron chi connectivity index (χ0n) is 10.0. The Morgan fingerprint density at radius 3 is 2.87 bits per heavy atom. The van der Waals surface area contributed by atoms with Crippen LogP contribution >= 0.6 is 0 Å². The summed E-state index contributed by atoms with van der Waals surface area (Å²) in [6, 6.07) is 0.460. The van der Waals surface area contributed by atoms with E-state index in [1.54, 1.807) is 0 Å². The lowest BCUT2D eigenvalue weighted by Crippen LogP contribution is -2.43. The van der Waals surface area contributed by atoms with E-state index in [1.165, 1.54) is 44.9 Å². The Balaban J connectivity index is 2.15. The third-order valence-electron chi connectivity index (χ3n) is 3.35. The van der Waals surface area contributed by atoms with Crippen LogP contribution in [0.3, 0.4) is 0 Å². The lowest BCUT2D eigenvalue weighted by molar-refractivity contribution is 0.0375. The third-order valence-corrected chi connectivity index (χ3v) is 3.35. The Morgan fingerprint density at radius 1 is 1.40 bits per heavy atom. The molecule has 0 bridgehead atoms. The topological polar surface area (TPSA) is 47.3 Å². The minimum Gasteiger partial charge on any atom is -0.381 e. The van der Waals surface area contributed by atoms with Gasteiger partial charge in [0.1, 0.15) is 0 Å². The predicted molar refractivity (Wildman–Crippen MR) is 63.4 cm³/mol. The fourth-order valence-electron chi connectivity index (χ4n) is 2.33. The molecule has 1 fully saturated rings. The van der Waals surface area contributed by atoms with E-state index in [-0.39, 0.29) is 0 Å². The van der Waals surface area contributed by atoms with Crippen molar-refractivity contribution in [2.45, 2.75) is 57.9 Å². The van der Waals surface area contributed by atoms with Crippen molar-refractivity contribution in [1.29, 1.82) is 0 Å². The van der Waals surface area contributed by atoms with Gasteiger partial charge in [0.05, 0.1) is 6.61 Å². The highest BCUT2D eigenvalue weighted by atomic mass is 16.5. The third kappa shape index (κ3) is 4.96. The smallest absolute Gasteiger partial charge is 0.0509 e. The molecule has 1 aliphatic heterocycles. The van der Waals surface area contributed by atoms with Gasteiger partial charge in [0.25, 0.3) is 0 Å². The Bertz CT molecular complexity index is 147.